The lowest BCUT2D eigenvalue weighted by Crippen LogP contribution is -2.43. The summed E-state index contributed by atoms with van der Waals surface area (Å²) in [5.74, 6) is -0.115. The second kappa shape index (κ2) is 10.1. The number of hydrogen-bond donors (Lipinski definition) is 2. The lowest BCUT2D eigenvalue weighted by Gasteiger charge is -2.22. The number of unbranched alkanes of at least 4 members (excludes halogenated alkanes) is 1. The molecule has 1 rings (SSSR count). The number of carbonyl (C=O) groups excluding carboxylic acids is 2. The number of ether oxygens (including phenoxy) is 1. The molecule has 3 N–H and O–H groups in total. The Kier molecular flexibility index (Phi) is 8.47. The van der Waals surface area contributed by atoms with E-state index in [0.717, 1.165) is 24.8 Å². The summed E-state index contributed by atoms with van der Waals surface area (Å²) in [7, 11) is 1.36. The van der Waals surface area contributed by atoms with Crippen LogP contribution in [0.25, 0.3) is 0 Å². The van der Waals surface area contributed by atoms with E-state index >= 15 is 0 Å². The van der Waals surface area contributed by atoms with Crippen LogP contribution in [0.15, 0.2) is 24.3 Å². The van der Waals surface area contributed by atoms with Crippen molar-refractivity contribution in [2.75, 3.05) is 7.11 Å². The Labute approximate surface area is 145 Å². The van der Waals surface area contributed by atoms with E-state index in [1.165, 1.54) is 7.11 Å². The van der Waals surface area contributed by atoms with Gasteiger partial charge in [0.25, 0.3) is 0 Å². The largest absolute Gasteiger partial charge is 0.465 e. The number of amides is 1. The van der Waals surface area contributed by atoms with Crippen LogP contribution in [0.4, 0.5) is 0 Å². The number of benzene rings is 1. The molecule has 0 bridgehead atoms. The number of nitrogens with one attached hydrogen (secondary N) is 1. The topological polar surface area (TPSA) is 81.4 Å². The molecule has 0 radical (unpaired) electrons. The number of carbonyl (C=O) groups is 2. The highest BCUT2D eigenvalue weighted by Gasteiger charge is 2.20. The van der Waals surface area contributed by atoms with E-state index in [0.29, 0.717) is 17.9 Å². The van der Waals surface area contributed by atoms with Gasteiger partial charge in [0.15, 0.2) is 0 Å². The summed E-state index contributed by atoms with van der Waals surface area (Å²) in [4.78, 5) is 23.9. The van der Waals surface area contributed by atoms with Crippen molar-refractivity contribution in [3.8, 4) is 0 Å². The van der Waals surface area contributed by atoms with Crippen LogP contribution in [-0.4, -0.2) is 25.0 Å². The molecule has 134 valence electrons. The molecule has 1 unspecified atom stereocenters. The molecule has 0 aromatic heterocycles. The number of esters is 1. The van der Waals surface area contributed by atoms with E-state index in [-0.39, 0.29) is 17.9 Å². The predicted octanol–water partition coefficient (Wildman–Crippen LogP) is 3.19. The van der Waals surface area contributed by atoms with Gasteiger partial charge in [0.05, 0.1) is 24.8 Å². The van der Waals surface area contributed by atoms with E-state index in [2.05, 4.69) is 12.2 Å². The molecule has 24 heavy (non-hydrogen) atoms. The monoisotopic (exact) mass is 334 g/mol. The maximum atomic E-state index is 12.3. The van der Waals surface area contributed by atoms with Crippen molar-refractivity contribution in [1.82, 2.24) is 5.32 Å². The zero-order valence-corrected chi connectivity index (χ0v) is 15.2. The Bertz CT molecular complexity index is 526. The van der Waals surface area contributed by atoms with E-state index in [9.17, 15) is 9.59 Å². The van der Waals surface area contributed by atoms with Crippen LogP contribution in [0.5, 0.6) is 0 Å². The van der Waals surface area contributed by atoms with Gasteiger partial charge in [-0.3, -0.25) is 4.79 Å². The molecule has 0 spiro atoms. The molecule has 0 heterocycles. The number of rotatable bonds is 9. The van der Waals surface area contributed by atoms with E-state index in [1.807, 2.05) is 26.0 Å². The van der Waals surface area contributed by atoms with Gasteiger partial charge in [-0.05, 0) is 36.5 Å². The van der Waals surface area contributed by atoms with E-state index in [4.69, 9.17) is 10.5 Å². The molecule has 0 saturated carbocycles. The predicted molar refractivity (Wildman–Crippen MR) is 95.6 cm³/mol. The first-order valence-corrected chi connectivity index (χ1v) is 8.63. The minimum absolute atomic E-state index is 0.0950. The number of methoxy groups -OCH3 is 1. The summed E-state index contributed by atoms with van der Waals surface area (Å²) in [6.07, 6.45) is 3.55. The van der Waals surface area contributed by atoms with Crippen molar-refractivity contribution in [2.24, 2.45) is 11.7 Å². The van der Waals surface area contributed by atoms with Crippen molar-refractivity contribution in [3.63, 3.8) is 0 Å². The van der Waals surface area contributed by atoms with Crippen molar-refractivity contribution in [3.05, 3.63) is 35.4 Å². The zero-order chi connectivity index (χ0) is 18.1. The van der Waals surface area contributed by atoms with Gasteiger partial charge in [-0.2, -0.15) is 0 Å². The van der Waals surface area contributed by atoms with Gasteiger partial charge in [0.2, 0.25) is 5.91 Å². The molecule has 1 aromatic rings. The standard InChI is InChI=1S/C19H30N2O3/c1-5-6-7-17(21-18(22)16(20)12-13(2)3)14-8-10-15(11-9-14)19(23)24-4/h8-11,13,16-17H,5-7,12,20H2,1-4H3,(H,21,22)/t16?,17-/m1/s1. The third kappa shape index (κ3) is 6.32. The van der Waals surface area contributed by atoms with Crippen molar-refractivity contribution < 1.29 is 14.3 Å². The lowest BCUT2D eigenvalue weighted by molar-refractivity contribution is -0.123. The maximum absolute atomic E-state index is 12.3. The molecule has 1 aromatic carbocycles. The summed E-state index contributed by atoms with van der Waals surface area (Å²) in [6.45, 7) is 6.21. The Balaban J connectivity index is 2.84. The summed E-state index contributed by atoms with van der Waals surface area (Å²) in [6, 6.07) is 6.58. The van der Waals surface area contributed by atoms with Crippen LogP contribution in [0.1, 0.15) is 68.4 Å². The molecule has 0 aliphatic carbocycles. The smallest absolute Gasteiger partial charge is 0.337 e. The van der Waals surface area contributed by atoms with Gasteiger partial charge in [-0.25, -0.2) is 4.79 Å². The van der Waals surface area contributed by atoms with Gasteiger partial charge < -0.3 is 15.8 Å². The van der Waals surface area contributed by atoms with Crippen LogP contribution in [-0.2, 0) is 9.53 Å². The Hall–Kier alpha value is -1.88. The summed E-state index contributed by atoms with van der Waals surface area (Å²) >= 11 is 0. The first-order valence-electron chi connectivity index (χ1n) is 8.63. The summed E-state index contributed by atoms with van der Waals surface area (Å²) < 4.78 is 4.71. The third-order valence-electron chi connectivity index (χ3n) is 3.96. The van der Waals surface area contributed by atoms with Crippen molar-refractivity contribution in [2.45, 2.75) is 58.5 Å². The molecule has 0 fully saturated rings. The first-order chi connectivity index (χ1) is 11.4. The van der Waals surface area contributed by atoms with Crippen LogP contribution < -0.4 is 11.1 Å². The van der Waals surface area contributed by atoms with E-state index < -0.39 is 6.04 Å². The zero-order valence-electron chi connectivity index (χ0n) is 15.2. The third-order valence-corrected chi connectivity index (χ3v) is 3.96. The van der Waals surface area contributed by atoms with Crippen LogP contribution in [0, 0.1) is 5.92 Å². The second-order valence-electron chi connectivity index (χ2n) is 6.55. The Morgan fingerprint density at radius 3 is 2.33 bits per heavy atom. The fraction of sp³-hybridized carbons (Fsp3) is 0.579. The minimum atomic E-state index is -0.497. The number of hydrogen-bond acceptors (Lipinski definition) is 4. The van der Waals surface area contributed by atoms with Crippen molar-refractivity contribution >= 4 is 11.9 Å². The van der Waals surface area contributed by atoms with Crippen LogP contribution in [0.2, 0.25) is 0 Å². The molecule has 1 amide bonds. The average molecular weight is 334 g/mol. The summed E-state index contributed by atoms with van der Waals surface area (Å²) in [5, 5.41) is 3.06. The maximum Gasteiger partial charge on any atom is 0.337 e. The molecular weight excluding hydrogens is 304 g/mol. The van der Waals surface area contributed by atoms with Crippen molar-refractivity contribution in [1.29, 1.82) is 0 Å². The fourth-order valence-electron chi connectivity index (χ4n) is 2.59. The Morgan fingerprint density at radius 2 is 1.83 bits per heavy atom. The average Bonchev–Trinajstić information content (AvgIpc) is 2.57. The van der Waals surface area contributed by atoms with Gasteiger partial charge in [-0.1, -0.05) is 45.7 Å². The molecule has 2 atom stereocenters. The minimum Gasteiger partial charge on any atom is -0.465 e. The molecule has 0 saturated heterocycles. The Morgan fingerprint density at radius 1 is 1.21 bits per heavy atom. The molecule has 5 nitrogen and oxygen atoms in total. The second-order valence-corrected chi connectivity index (χ2v) is 6.55. The van der Waals surface area contributed by atoms with Gasteiger partial charge in [0, 0.05) is 0 Å². The first kappa shape index (κ1) is 20.2. The highest BCUT2D eigenvalue weighted by Crippen LogP contribution is 2.21. The lowest BCUT2D eigenvalue weighted by atomic mass is 9.98. The molecule has 5 heteroatoms. The van der Waals surface area contributed by atoms with Gasteiger partial charge in [-0.15, -0.1) is 0 Å². The molecule has 0 aliphatic heterocycles. The number of nitrogens with two attached hydrogens (primary N) is 1. The SMILES string of the molecule is CCCC[C@@H](NC(=O)C(N)CC(C)C)c1ccc(C(=O)OC)cc1. The summed E-state index contributed by atoms with van der Waals surface area (Å²) in [5.41, 5.74) is 7.45. The fourth-order valence-corrected chi connectivity index (χ4v) is 2.59. The molecule has 0 aliphatic rings. The normalized spacial score (nSPS) is 13.4. The van der Waals surface area contributed by atoms with Gasteiger partial charge in [0.1, 0.15) is 0 Å². The van der Waals surface area contributed by atoms with Crippen LogP contribution >= 0.6 is 0 Å². The van der Waals surface area contributed by atoms with Gasteiger partial charge >= 0.3 is 5.97 Å². The van der Waals surface area contributed by atoms with Crippen LogP contribution in [0.3, 0.4) is 0 Å². The highest BCUT2D eigenvalue weighted by atomic mass is 16.5. The highest BCUT2D eigenvalue weighted by molar-refractivity contribution is 5.89. The van der Waals surface area contributed by atoms with E-state index in [1.54, 1.807) is 12.1 Å². The quantitative estimate of drug-likeness (QED) is 0.680. The molecular formula is C19H30N2O3.